The van der Waals surface area contributed by atoms with E-state index in [9.17, 15) is 17.6 Å². The van der Waals surface area contributed by atoms with Gasteiger partial charge in [0.25, 0.3) is 0 Å². The minimum absolute atomic E-state index is 0.255. The normalized spacial score (nSPS) is 15.8. The molecular formula is C20H17ClF4N4. The van der Waals surface area contributed by atoms with Crippen LogP contribution in [-0.2, 0) is 12.7 Å². The summed E-state index contributed by atoms with van der Waals surface area (Å²) in [6.07, 6.45) is -4.62. The van der Waals surface area contributed by atoms with Gasteiger partial charge in [0.05, 0.1) is 5.52 Å². The van der Waals surface area contributed by atoms with Crippen LogP contribution < -0.4 is 4.90 Å². The topological polar surface area (TPSA) is 32.3 Å². The van der Waals surface area contributed by atoms with Gasteiger partial charge in [-0.05, 0) is 24.3 Å². The molecule has 1 saturated heterocycles. The van der Waals surface area contributed by atoms with Gasteiger partial charge in [-0.25, -0.2) is 14.4 Å². The molecule has 152 valence electrons. The first-order chi connectivity index (χ1) is 13.8. The van der Waals surface area contributed by atoms with Crippen LogP contribution in [0.5, 0.6) is 0 Å². The Morgan fingerprint density at radius 3 is 2.34 bits per heavy atom. The zero-order valence-corrected chi connectivity index (χ0v) is 16.0. The molecule has 0 unspecified atom stereocenters. The fourth-order valence-electron chi connectivity index (χ4n) is 3.45. The van der Waals surface area contributed by atoms with E-state index in [4.69, 9.17) is 11.6 Å². The Balaban J connectivity index is 1.56. The maximum absolute atomic E-state index is 14.0. The van der Waals surface area contributed by atoms with Crippen molar-refractivity contribution in [2.24, 2.45) is 0 Å². The molecule has 29 heavy (non-hydrogen) atoms. The van der Waals surface area contributed by atoms with Gasteiger partial charge in [-0.2, -0.15) is 13.2 Å². The number of nitrogens with zero attached hydrogens (tertiary/aromatic N) is 4. The number of hydrogen-bond donors (Lipinski definition) is 0. The largest absolute Gasteiger partial charge is 0.451 e. The number of alkyl halides is 3. The lowest BCUT2D eigenvalue weighted by Gasteiger charge is -2.36. The summed E-state index contributed by atoms with van der Waals surface area (Å²) in [5.41, 5.74) is 0.680. The van der Waals surface area contributed by atoms with Gasteiger partial charge in [0.1, 0.15) is 11.6 Å². The predicted octanol–water partition coefficient (Wildman–Crippen LogP) is 4.76. The van der Waals surface area contributed by atoms with E-state index in [-0.39, 0.29) is 17.2 Å². The third-order valence-electron chi connectivity index (χ3n) is 4.95. The highest BCUT2D eigenvalue weighted by molar-refractivity contribution is 6.31. The molecule has 0 atom stereocenters. The van der Waals surface area contributed by atoms with E-state index < -0.39 is 12.0 Å². The summed E-state index contributed by atoms with van der Waals surface area (Å²) < 4.78 is 53.8. The number of aromatic nitrogens is 2. The molecule has 1 aromatic heterocycles. The Bertz CT molecular complexity index is 1010. The summed E-state index contributed by atoms with van der Waals surface area (Å²) in [5.74, 6) is -1.24. The molecule has 0 spiro atoms. The van der Waals surface area contributed by atoms with E-state index in [1.54, 1.807) is 36.4 Å². The fourth-order valence-corrected chi connectivity index (χ4v) is 3.68. The van der Waals surface area contributed by atoms with Gasteiger partial charge in [-0.15, -0.1) is 0 Å². The van der Waals surface area contributed by atoms with Crippen molar-refractivity contribution in [3.05, 3.63) is 64.7 Å². The Morgan fingerprint density at radius 1 is 0.931 bits per heavy atom. The summed E-state index contributed by atoms with van der Waals surface area (Å²) in [6.45, 7) is 2.36. The summed E-state index contributed by atoms with van der Waals surface area (Å²) in [7, 11) is 0. The van der Waals surface area contributed by atoms with Crippen LogP contribution in [-0.4, -0.2) is 41.0 Å². The molecule has 0 radical (unpaired) electrons. The molecule has 2 aromatic carbocycles. The molecule has 1 aliphatic rings. The van der Waals surface area contributed by atoms with Crippen molar-refractivity contribution in [3.63, 3.8) is 0 Å². The van der Waals surface area contributed by atoms with E-state index in [1.807, 2.05) is 9.80 Å². The molecule has 3 aromatic rings. The summed E-state index contributed by atoms with van der Waals surface area (Å²) in [4.78, 5) is 11.3. The van der Waals surface area contributed by atoms with Crippen molar-refractivity contribution >= 4 is 28.3 Å². The predicted molar refractivity (Wildman–Crippen MR) is 103 cm³/mol. The molecule has 4 nitrogen and oxygen atoms in total. The minimum atomic E-state index is -4.62. The molecule has 4 rings (SSSR count). The average molecular weight is 425 g/mol. The number of benzene rings is 2. The first kappa shape index (κ1) is 19.8. The smallest absolute Gasteiger partial charge is 0.353 e. The van der Waals surface area contributed by atoms with Crippen LogP contribution in [0.25, 0.3) is 10.9 Å². The lowest BCUT2D eigenvalue weighted by Crippen LogP contribution is -2.46. The highest BCUT2D eigenvalue weighted by atomic mass is 35.5. The van der Waals surface area contributed by atoms with Crippen LogP contribution in [0.2, 0.25) is 5.02 Å². The van der Waals surface area contributed by atoms with Crippen LogP contribution >= 0.6 is 11.6 Å². The molecule has 1 fully saturated rings. The summed E-state index contributed by atoms with van der Waals surface area (Å²) >= 11 is 6.10. The van der Waals surface area contributed by atoms with Gasteiger partial charge in [-0.3, -0.25) is 4.90 Å². The molecular weight excluding hydrogens is 408 g/mol. The first-order valence-corrected chi connectivity index (χ1v) is 9.45. The molecule has 9 heteroatoms. The van der Waals surface area contributed by atoms with E-state index >= 15 is 0 Å². The lowest BCUT2D eigenvalue weighted by molar-refractivity contribution is -0.144. The maximum Gasteiger partial charge on any atom is 0.451 e. The highest BCUT2D eigenvalue weighted by Crippen LogP contribution is 2.32. The van der Waals surface area contributed by atoms with Crippen LogP contribution in [0, 0.1) is 5.82 Å². The van der Waals surface area contributed by atoms with Crippen molar-refractivity contribution in [2.75, 3.05) is 31.1 Å². The summed E-state index contributed by atoms with van der Waals surface area (Å²) in [5, 5.41) is 0.940. The molecule has 1 aliphatic heterocycles. The SMILES string of the molecule is Fc1cccc(Cl)c1CN1CCN(c2nc(C(F)(F)F)nc3ccccc23)CC1. The first-order valence-electron chi connectivity index (χ1n) is 9.07. The number of hydrogen-bond acceptors (Lipinski definition) is 4. The van der Waals surface area contributed by atoms with Crippen LogP contribution in [0.4, 0.5) is 23.4 Å². The Kier molecular flexibility index (Phi) is 5.31. The second-order valence-electron chi connectivity index (χ2n) is 6.85. The van der Waals surface area contributed by atoms with Crippen LogP contribution in [0.15, 0.2) is 42.5 Å². The van der Waals surface area contributed by atoms with E-state index in [1.165, 1.54) is 6.07 Å². The Hall–Kier alpha value is -2.45. The van der Waals surface area contributed by atoms with Crippen molar-refractivity contribution in [2.45, 2.75) is 12.7 Å². The Labute approximate surface area is 169 Å². The third kappa shape index (κ3) is 4.13. The van der Waals surface area contributed by atoms with E-state index in [0.717, 1.165) is 0 Å². The number of fused-ring (bicyclic) bond motifs is 1. The number of anilines is 1. The van der Waals surface area contributed by atoms with Crippen molar-refractivity contribution in [1.82, 2.24) is 14.9 Å². The van der Waals surface area contributed by atoms with Gasteiger partial charge in [-0.1, -0.05) is 29.8 Å². The number of rotatable bonds is 3. The molecule has 0 saturated carbocycles. The maximum atomic E-state index is 14.0. The monoisotopic (exact) mass is 424 g/mol. The highest BCUT2D eigenvalue weighted by Gasteiger charge is 2.36. The lowest BCUT2D eigenvalue weighted by atomic mass is 10.1. The molecule has 2 heterocycles. The average Bonchev–Trinajstić information content (AvgIpc) is 2.70. The minimum Gasteiger partial charge on any atom is -0.353 e. The van der Waals surface area contributed by atoms with Crippen molar-refractivity contribution in [1.29, 1.82) is 0 Å². The quantitative estimate of drug-likeness (QED) is 0.567. The molecule has 0 amide bonds. The second kappa shape index (κ2) is 7.76. The second-order valence-corrected chi connectivity index (χ2v) is 7.26. The Morgan fingerprint density at radius 2 is 1.66 bits per heavy atom. The van der Waals surface area contributed by atoms with Gasteiger partial charge in [0.2, 0.25) is 5.82 Å². The summed E-state index contributed by atoms with van der Waals surface area (Å²) in [6, 6.07) is 11.2. The van der Waals surface area contributed by atoms with Gasteiger partial charge < -0.3 is 4.90 Å². The standard InChI is InChI=1S/C20H17ClF4N4/c21-15-5-3-6-16(22)14(15)12-28-8-10-29(11-9-28)18-13-4-1-2-7-17(13)26-19(27-18)20(23,24)25/h1-7H,8-12H2. The van der Waals surface area contributed by atoms with Gasteiger partial charge >= 0.3 is 6.18 Å². The van der Waals surface area contributed by atoms with E-state index in [0.29, 0.717) is 48.7 Å². The number of piperazine rings is 1. The zero-order chi connectivity index (χ0) is 20.6. The molecule has 0 aliphatic carbocycles. The van der Waals surface area contributed by atoms with Gasteiger partial charge in [0, 0.05) is 48.7 Å². The number of halogens is 5. The number of para-hydroxylation sites is 1. The van der Waals surface area contributed by atoms with Crippen molar-refractivity contribution in [3.8, 4) is 0 Å². The molecule has 0 N–H and O–H groups in total. The van der Waals surface area contributed by atoms with Gasteiger partial charge in [0.15, 0.2) is 0 Å². The van der Waals surface area contributed by atoms with Crippen LogP contribution in [0.1, 0.15) is 11.4 Å². The fraction of sp³-hybridized carbons (Fsp3) is 0.300. The third-order valence-corrected chi connectivity index (χ3v) is 5.31. The van der Waals surface area contributed by atoms with Crippen molar-refractivity contribution < 1.29 is 17.6 Å². The zero-order valence-electron chi connectivity index (χ0n) is 15.3. The molecule has 0 bridgehead atoms. The van der Waals surface area contributed by atoms with E-state index in [2.05, 4.69) is 9.97 Å². The van der Waals surface area contributed by atoms with Crippen LogP contribution in [0.3, 0.4) is 0 Å².